The molecule has 0 heterocycles. The van der Waals surface area contributed by atoms with E-state index in [9.17, 15) is 0 Å². The van der Waals surface area contributed by atoms with Crippen molar-refractivity contribution in [1.29, 1.82) is 0 Å². The standard InChI is InChI=1S/C15H15ClN2S2/c1-10-4-3-5-14(11(10)2)17-18-15(19)20-13-8-6-12(16)7-9-13/h3-9,17H,1-2H3,(H,18,19). The molecule has 0 aliphatic rings. The maximum absolute atomic E-state index is 5.85. The highest BCUT2D eigenvalue weighted by molar-refractivity contribution is 8.23. The van der Waals surface area contributed by atoms with Crippen molar-refractivity contribution >= 4 is 45.6 Å². The van der Waals surface area contributed by atoms with Crippen molar-refractivity contribution in [3.05, 3.63) is 58.6 Å². The molecular weight excluding hydrogens is 308 g/mol. The fourth-order valence-electron chi connectivity index (χ4n) is 1.64. The van der Waals surface area contributed by atoms with E-state index in [2.05, 4.69) is 30.8 Å². The van der Waals surface area contributed by atoms with E-state index in [0.717, 1.165) is 15.6 Å². The van der Waals surface area contributed by atoms with Crippen LogP contribution in [0.1, 0.15) is 11.1 Å². The molecule has 104 valence electrons. The molecule has 0 saturated carbocycles. The van der Waals surface area contributed by atoms with Gasteiger partial charge in [0, 0.05) is 9.92 Å². The van der Waals surface area contributed by atoms with E-state index in [1.54, 1.807) is 0 Å². The van der Waals surface area contributed by atoms with E-state index in [0.29, 0.717) is 4.32 Å². The molecule has 0 atom stereocenters. The molecule has 2 rings (SSSR count). The average Bonchev–Trinajstić information content (AvgIpc) is 2.43. The van der Waals surface area contributed by atoms with E-state index in [4.69, 9.17) is 23.8 Å². The maximum atomic E-state index is 5.85. The summed E-state index contributed by atoms with van der Waals surface area (Å²) in [7, 11) is 0. The molecule has 0 saturated heterocycles. The van der Waals surface area contributed by atoms with Crippen LogP contribution in [0.2, 0.25) is 5.02 Å². The van der Waals surface area contributed by atoms with E-state index in [1.807, 2.05) is 36.4 Å². The number of rotatable bonds is 3. The number of aryl methyl sites for hydroxylation is 1. The number of halogens is 1. The van der Waals surface area contributed by atoms with Crippen LogP contribution in [-0.2, 0) is 0 Å². The first-order valence-corrected chi connectivity index (χ1v) is 7.72. The third-order valence-corrected chi connectivity index (χ3v) is 4.33. The molecule has 0 aromatic heterocycles. The Hall–Kier alpha value is -1.23. The van der Waals surface area contributed by atoms with Crippen molar-refractivity contribution < 1.29 is 0 Å². The largest absolute Gasteiger partial charge is 0.299 e. The number of hydrazine groups is 1. The fourth-order valence-corrected chi connectivity index (χ4v) is 2.69. The minimum absolute atomic E-state index is 0.660. The Balaban J connectivity index is 1.92. The minimum Gasteiger partial charge on any atom is -0.299 e. The van der Waals surface area contributed by atoms with Gasteiger partial charge in [-0.15, -0.1) is 0 Å². The van der Waals surface area contributed by atoms with Gasteiger partial charge in [-0.25, -0.2) is 0 Å². The van der Waals surface area contributed by atoms with Crippen LogP contribution >= 0.6 is 35.6 Å². The van der Waals surface area contributed by atoms with Gasteiger partial charge in [-0.1, -0.05) is 47.7 Å². The highest BCUT2D eigenvalue weighted by atomic mass is 35.5. The third-order valence-electron chi connectivity index (χ3n) is 2.93. The van der Waals surface area contributed by atoms with Crippen LogP contribution < -0.4 is 10.9 Å². The number of benzene rings is 2. The molecule has 0 bridgehead atoms. The van der Waals surface area contributed by atoms with Gasteiger partial charge in [-0.2, -0.15) is 0 Å². The topological polar surface area (TPSA) is 24.1 Å². The fraction of sp³-hybridized carbons (Fsp3) is 0.133. The quantitative estimate of drug-likeness (QED) is 0.474. The van der Waals surface area contributed by atoms with Crippen molar-refractivity contribution in [2.75, 3.05) is 5.43 Å². The number of hydrogen-bond acceptors (Lipinski definition) is 3. The van der Waals surface area contributed by atoms with Gasteiger partial charge in [0.2, 0.25) is 0 Å². The predicted octanol–water partition coefficient (Wildman–Crippen LogP) is 4.95. The van der Waals surface area contributed by atoms with E-state index in [-0.39, 0.29) is 0 Å². The Labute approximate surface area is 133 Å². The molecule has 20 heavy (non-hydrogen) atoms. The van der Waals surface area contributed by atoms with Crippen molar-refractivity contribution in [3.63, 3.8) is 0 Å². The smallest absolute Gasteiger partial charge is 0.157 e. The number of anilines is 1. The molecule has 0 amide bonds. The Kier molecular flexibility index (Phi) is 5.29. The molecule has 2 nitrogen and oxygen atoms in total. The zero-order valence-corrected chi connectivity index (χ0v) is 13.6. The second-order valence-corrected chi connectivity index (χ2v) is 6.53. The Morgan fingerprint density at radius 2 is 1.80 bits per heavy atom. The molecule has 2 aromatic rings. The minimum atomic E-state index is 0.660. The summed E-state index contributed by atoms with van der Waals surface area (Å²) in [5.41, 5.74) is 9.67. The molecule has 0 aliphatic heterocycles. The summed E-state index contributed by atoms with van der Waals surface area (Å²) < 4.78 is 0.660. The summed E-state index contributed by atoms with van der Waals surface area (Å²) >= 11 is 12.6. The highest BCUT2D eigenvalue weighted by Crippen LogP contribution is 2.22. The first-order chi connectivity index (χ1) is 9.56. The molecule has 0 fully saturated rings. The highest BCUT2D eigenvalue weighted by Gasteiger charge is 2.03. The van der Waals surface area contributed by atoms with Crippen LogP contribution in [0.3, 0.4) is 0 Å². The molecular formula is C15H15ClN2S2. The summed E-state index contributed by atoms with van der Waals surface area (Å²) in [6.07, 6.45) is 0. The van der Waals surface area contributed by atoms with E-state index in [1.165, 1.54) is 22.9 Å². The zero-order valence-electron chi connectivity index (χ0n) is 11.2. The van der Waals surface area contributed by atoms with Crippen LogP contribution in [0.25, 0.3) is 0 Å². The van der Waals surface area contributed by atoms with Crippen molar-refractivity contribution in [3.8, 4) is 0 Å². The molecule has 0 aliphatic carbocycles. The summed E-state index contributed by atoms with van der Waals surface area (Å²) in [6, 6.07) is 13.7. The number of thioether (sulfide) groups is 1. The van der Waals surface area contributed by atoms with Gasteiger partial charge in [0.05, 0.1) is 5.69 Å². The normalized spacial score (nSPS) is 10.2. The van der Waals surface area contributed by atoms with Gasteiger partial charge in [-0.05, 0) is 55.3 Å². The Morgan fingerprint density at radius 1 is 1.10 bits per heavy atom. The molecule has 0 radical (unpaired) electrons. The summed E-state index contributed by atoms with van der Waals surface area (Å²) in [6.45, 7) is 4.16. The summed E-state index contributed by atoms with van der Waals surface area (Å²) in [4.78, 5) is 1.05. The average molecular weight is 323 g/mol. The van der Waals surface area contributed by atoms with Crippen LogP contribution in [0.4, 0.5) is 5.69 Å². The van der Waals surface area contributed by atoms with Gasteiger partial charge in [0.1, 0.15) is 0 Å². The molecule has 2 aromatic carbocycles. The van der Waals surface area contributed by atoms with Crippen molar-refractivity contribution in [2.24, 2.45) is 0 Å². The summed E-state index contributed by atoms with van der Waals surface area (Å²) in [5, 5.41) is 0.724. The number of nitrogens with one attached hydrogen (secondary N) is 2. The predicted molar refractivity (Wildman–Crippen MR) is 92.6 cm³/mol. The Morgan fingerprint density at radius 3 is 2.50 bits per heavy atom. The first-order valence-electron chi connectivity index (χ1n) is 6.12. The number of hydrogen-bond donors (Lipinski definition) is 2. The van der Waals surface area contributed by atoms with Gasteiger partial charge >= 0.3 is 0 Å². The lowest BCUT2D eigenvalue weighted by atomic mass is 10.1. The lowest BCUT2D eigenvalue weighted by Crippen LogP contribution is -2.25. The van der Waals surface area contributed by atoms with Gasteiger partial charge < -0.3 is 0 Å². The Bertz CT molecular complexity index is 612. The van der Waals surface area contributed by atoms with Crippen LogP contribution in [0, 0.1) is 13.8 Å². The van der Waals surface area contributed by atoms with Gasteiger partial charge in [0.25, 0.3) is 0 Å². The van der Waals surface area contributed by atoms with E-state index >= 15 is 0 Å². The van der Waals surface area contributed by atoms with Crippen molar-refractivity contribution in [2.45, 2.75) is 18.7 Å². The van der Waals surface area contributed by atoms with E-state index < -0.39 is 0 Å². The lowest BCUT2D eigenvalue weighted by molar-refractivity contribution is 1.14. The molecule has 0 unspecified atom stereocenters. The summed E-state index contributed by atoms with van der Waals surface area (Å²) in [5.74, 6) is 0. The maximum Gasteiger partial charge on any atom is 0.157 e. The molecule has 5 heteroatoms. The first kappa shape index (κ1) is 15.2. The third kappa shape index (κ3) is 4.13. The lowest BCUT2D eigenvalue weighted by Gasteiger charge is -2.13. The van der Waals surface area contributed by atoms with Crippen molar-refractivity contribution in [1.82, 2.24) is 5.43 Å². The number of thiocarbonyl (C=S) groups is 1. The zero-order chi connectivity index (χ0) is 14.5. The van der Waals surface area contributed by atoms with Crippen LogP contribution in [0.15, 0.2) is 47.4 Å². The SMILES string of the molecule is Cc1cccc(NNC(=S)Sc2ccc(Cl)cc2)c1C. The van der Waals surface area contributed by atoms with Crippen LogP contribution in [-0.4, -0.2) is 4.32 Å². The van der Waals surface area contributed by atoms with Gasteiger partial charge in [0.15, 0.2) is 4.32 Å². The second-order valence-electron chi connectivity index (χ2n) is 4.34. The molecule has 0 spiro atoms. The second kappa shape index (κ2) is 6.97. The molecule has 2 N–H and O–H groups in total. The van der Waals surface area contributed by atoms with Crippen LogP contribution in [0.5, 0.6) is 0 Å². The van der Waals surface area contributed by atoms with Gasteiger partial charge in [-0.3, -0.25) is 10.9 Å². The monoisotopic (exact) mass is 322 g/mol.